The van der Waals surface area contributed by atoms with Crippen LogP contribution >= 0.6 is 11.3 Å². The smallest absolute Gasteiger partial charge is 0.0825 e. The van der Waals surface area contributed by atoms with Crippen molar-refractivity contribution >= 4 is 17.0 Å². The number of nitrogens with zero attached hydrogens (tertiary/aromatic N) is 1. The van der Waals surface area contributed by atoms with Gasteiger partial charge in [0.05, 0.1) is 17.1 Å². The van der Waals surface area contributed by atoms with Crippen molar-refractivity contribution < 1.29 is 0 Å². The number of aromatic nitrogens is 2. The lowest BCUT2D eigenvalue weighted by atomic mass is 10.2. The molecule has 0 unspecified atom stereocenters. The van der Waals surface area contributed by atoms with Gasteiger partial charge in [0.15, 0.2) is 0 Å². The van der Waals surface area contributed by atoms with Crippen molar-refractivity contribution in [3.63, 3.8) is 0 Å². The fraction of sp³-hybridized carbons (Fsp3) is 0.364. The van der Waals surface area contributed by atoms with Crippen molar-refractivity contribution in [1.82, 2.24) is 10.2 Å². The summed E-state index contributed by atoms with van der Waals surface area (Å²) in [7, 11) is 0. The van der Waals surface area contributed by atoms with E-state index in [1.165, 1.54) is 10.4 Å². The molecule has 2 aromatic heterocycles. The minimum atomic E-state index is 0.880. The van der Waals surface area contributed by atoms with Crippen LogP contribution in [0.5, 0.6) is 0 Å². The molecule has 2 aromatic rings. The Morgan fingerprint density at radius 3 is 2.73 bits per heavy atom. The van der Waals surface area contributed by atoms with Crippen LogP contribution in [0.3, 0.4) is 0 Å². The molecule has 2 rings (SSSR count). The molecule has 0 aliphatic rings. The lowest BCUT2D eigenvalue weighted by Crippen LogP contribution is -2.00. The van der Waals surface area contributed by atoms with E-state index >= 15 is 0 Å². The summed E-state index contributed by atoms with van der Waals surface area (Å²) in [5.41, 5.74) is 4.61. The standard InChI is InChI=1S/C11H15N3S/c1-7-4-5-15-10(7)6-12-11-8(2)13-14-9(11)3/h4-5,12H,6H2,1-3H3,(H,13,14). The highest BCUT2D eigenvalue weighted by Gasteiger charge is 2.06. The van der Waals surface area contributed by atoms with E-state index in [1.807, 2.05) is 13.8 Å². The minimum Gasteiger partial charge on any atom is -0.377 e. The van der Waals surface area contributed by atoms with Gasteiger partial charge in [0.1, 0.15) is 0 Å². The number of hydrogen-bond donors (Lipinski definition) is 2. The molecule has 0 bridgehead atoms. The van der Waals surface area contributed by atoms with Crippen molar-refractivity contribution in [2.75, 3.05) is 5.32 Å². The number of aromatic amines is 1. The van der Waals surface area contributed by atoms with Gasteiger partial charge in [-0.1, -0.05) is 0 Å². The van der Waals surface area contributed by atoms with Crippen LogP contribution in [0.4, 0.5) is 5.69 Å². The van der Waals surface area contributed by atoms with Crippen molar-refractivity contribution in [2.24, 2.45) is 0 Å². The number of aryl methyl sites for hydroxylation is 3. The fourth-order valence-electron chi connectivity index (χ4n) is 1.57. The second kappa shape index (κ2) is 4.06. The van der Waals surface area contributed by atoms with E-state index in [9.17, 15) is 0 Å². The van der Waals surface area contributed by atoms with Crippen LogP contribution in [-0.2, 0) is 6.54 Å². The largest absolute Gasteiger partial charge is 0.377 e. The Morgan fingerprint density at radius 2 is 2.20 bits per heavy atom. The molecule has 0 aliphatic carbocycles. The predicted octanol–water partition coefficient (Wildman–Crippen LogP) is 3.01. The SMILES string of the molecule is Cc1ccsc1CNc1c(C)n[nH]c1C. The summed E-state index contributed by atoms with van der Waals surface area (Å²) in [6.07, 6.45) is 0. The third-order valence-corrected chi connectivity index (χ3v) is 3.55. The first-order valence-corrected chi connectivity index (χ1v) is 5.85. The molecule has 0 saturated carbocycles. The molecule has 0 fully saturated rings. The van der Waals surface area contributed by atoms with Crippen molar-refractivity contribution in [3.05, 3.63) is 33.3 Å². The van der Waals surface area contributed by atoms with Crippen LogP contribution in [0, 0.1) is 20.8 Å². The Bertz CT molecular complexity index is 437. The Morgan fingerprint density at radius 1 is 1.40 bits per heavy atom. The highest BCUT2D eigenvalue weighted by Crippen LogP contribution is 2.20. The first-order chi connectivity index (χ1) is 7.18. The molecule has 4 heteroatoms. The maximum Gasteiger partial charge on any atom is 0.0825 e. The maximum absolute atomic E-state index is 4.15. The molecule has 80 valence electrons. The molecule has 0 aromatic carbocycles. The summed E-state index contributed by atoms with van der Waals surface area (Å²) in [5, 5.41) is 12.7. The zero-order valence-corrected chi connectivity index (χ0v) is 10.0. The summed E-state index contributed by atoms with van der Waals surface area (Å²) in [5.74, 6) is 0. The quantitative estimate of drug-likeness (QED) is 0.836. The van der Waals surface area contributed by atoms with Gasteiger partial charge in [-0.25, -0.2) is 0 Å². The number of hydrogen-bond acceptors (Lipinski definition) is 3. The minimum absolute atomic E-state index is 0.880. The molecular formula is C11H15N3S. The van der Waals surface area contributed by atoms with Crippen LogP contribution in [-0.4, -0.2) is 10.2 Å². The molecule has 0 amide bonds. The highest BCUT2D eigenvalue weighted by atomic mass is 32.1. The predicted molar refractivity (Wildman–Crippen MR) is 64.4 cm³/mol. The second-order valence-corrected chi connectivity index (χ2v) is 4.69. The van der Waals surface area contributed by atoms with Crippen molar-refractivity contribution in [2.45, 2.75) is 27.3 Å². The van der Waals surface area contributed by atoms with Gasteiger partial charge < -0.3 is 5.32 Å². The van der Waals surface area contributed by atoms with Crippen molar-refractivity contribution in [3.8, 4) is 0 Å². The molecule has 15 heavy (non-hydrogen) atoms. The first-order valence-electron chi connectivity index (χ1n) is 4.97. The van der Waals surface area contributed by atoms with E-state index in [0.717, 1.165) is 23.6 Å². The van der Waals surface area contributed by atoms with E-state index in [-0.39, 0.29) is 0 Å². The monoisotopic (exact) mass is 221 g/mol. The third kappa shape index (κ3) is 2.04. The topological polar surface area (TPSA) is 40.7 Å². The average Bonchev–Trinajstić information content (AvgIpc) is 2.73. The number of H-pyrrole nitrogens is 1. The normalized spacial score (nSPS) is 10.6. The fourth-order valence-corrected chi connectivity index (χ4v) is 2.41. The van der Waals surface area contributed by atoms with Crippen LogP contribution in [0.2, 0.25) is 0 Å². The summed E-state index contributed by atoms with van der Waals surface area (Å²) in [6.45, 7) is 7.06. The summed E-state index contributed by atoms with van der Waals surface area (Å²) >= 11 is 1.79. The zero-order valence-electron chi connectivity index (χ0n) is 9.22. The third-order valence-electron chi connectivity index (χ3n) is 2.52. The van der Waals surface area contributed by atoms with Gasteiger partial charge >= 0.3 is 0 Å². The van der Waals surface area contributed by atoms with Gasteiger partial charge in [-0.15, -0.1) is 11.3 Å². The van der Waals surface area contributed by atoms with E-state index in [0.29, 0.717) is 0 Å². The molecule has 2 heterocycles. The lowest BCUT2D eigenvalue weighted by molar-refractivity contribution is 1.02. The molecule has 0 saturated heterocycles. The molecule has 3 nitrogen and oxygen atoms in total. The van der Waals surface area contributed by atoms with Gasteiger partial charge in [-0.3, -0.25) is 5.10 Å². The summed E-state index contributed by atoms with van der Waals surface area (Å²) in [4.78, 5) is 1.38. The first kappa shape index (κ1) is 10.2. The van der Waals surface area contributed by atoms with Gasteiger partial charge in [0.2, 0.25) is 0 Å². The van der Waals surface area contributed by atoms with Gasteiger partial charge in [-0.2, -0.15) is 5.10 Å². The van der Waals surface area contributed by atoms with Crippen LogP contribution in [0.1, 0.15) is 21.8 Å². The number of anilines is 1. The average molecular weight is 221 g/mol. The molecule has 0 atom stereocenters. The second-order valence-electron chi connectivity index (χ2n) is 3.69. The van der Waals surface area contributed by atoms with Crippen LogP contribution in [0.25, 0.3) is 0 Å². The Hall–Kier alpha value is -1.29. The molecular weight excluding hydrogens is 206 g/mol. The number of nitrogens with one attached hydrogen (secondary N) is 2. The van der Waals surface area contributed by atoms with E-state index < -0.39 is 0 Å². The Labute approximate surface area is 93.5 Å². The number of rotatable bonds is 3. The van der Waals surface area contributed by atoms with Crippen LogP contribution in [0.15, 0.2) is 11.4 Å². The van der Waals surface area contributed by atoms with Gasteiger partial charge in [-0.05, 0) is 37.8 Å². The maximum atomic E-state index is 4.15. The Balaban J connectivity index is 2.08. The van der Waals surface area contributed by atoms with Gasteiger partial charge in [0.25, 0.3) is 0 Å². The molecule has 0 radical (unpaired) electrons. The van der Waals surface area contributed by atoms with Gasteiger partial charge in [0, 0.05) is 11.4 Å². The molecule has 0 spiro atoms. The molecule has 0 aliphatic heterocycles. The van der Waals surface area contributed by atoms with E-state index in [4.69, 9.17) is 0 Å². The summed E-state index contributed by atoms with van der Waals surface area (Å²) in [6, 6.07) is 2.15. The lowest BCUT2D eigenvalue weighted by Gasteiger charge is -2.05. The summed E-state index contributed by atoms with van der Waals surface area (Å²) < 4.78 is 0. The highest BCUT2D eigenvalue weighted by molar-refractivity contribution is 7.10. The van der Waals surface area contributed by atoms with Crippen molar-refractivity contribution in [1.29, 1.82) is 0 Å². The van der Waals surface area contributed by atoms with Crippen LogP contribution < -0.4 is 5.32 Å². The van der Waals surface area contributed by atoms with E-state index in [1.54, 1.807) is 11.3 Å². The molecule has 2 N–H and O–H groups in total. The van der Waals surface area contributed by atoms with E-state index in [2.05, 4.69) is 33.9 Å². The number of thiophene rings is 1. The zero-order chi connectivity index (χ0) is 10.8. The Kier molecular flexibility index (Phi) is 2.77.